The second-order valence-corrected chi connectivity index (χ2v) is 4.24. The zero-order chi connectivity index (χ0) is 13.2. The van der Waals surface area contributed by atoms with Crippen LogP contribution in [-0.2, 0) is 0 Å². The summed E-state index contributed by atoms with van der Waals surface area (Å²) in [5, 5.41) is 20.4. The fraction of sp³-hybridized carbons (Fsp3) is 0.154. The van der Waals surface area contributed by atoms with Gasteiger partial charge >= 0.3 is 0 Å². The average molecular weight is 260 g/mol. The van der Waals surface area contributed by atoms with Gasteiger partial charge < -0.3 is 15.7 Å². The van der Waals surface area contributed by atoms with Crippen LogP contribution in [0.2, 0.25) is 0 Å². The summed E-state index contributed by atoms with van der Waals surface area (Å²) >= 11 is 0. The Morgan fingerprint density at radius 1 is 1.32 bits per heavy atom. The third-order valence-corrected chi connectivity index (χ3v) is 3.01. The van der Waals surface area contributed by atoms with E-state index in [1.807, 2.05) is 0 Å². The number of aliphatic hydroxyl groups excluding tert-OH is 1. The third kappa shape index (κ3) is 2.17. The molecule has 0 bridgehead atoms. The van der Waals surface area contributed by atoms with Crippen LogP contribution in [0.1, 0.15) is 11.7 Å². The molecule has 3 N–H and O–H groups in total. The van der Waals surface area contributed by atoms with Crippen molar-refractivity contribution in [2.75, 3.05) is 0 Å². The summed E-state index contributed by atoms with van der Waals surface area (Å²) in [5.74, 6) is -0.369. The maximum atomic E-state index is 13.4. The maximum absolute atomic E-state index is 13.4. The number of benzene rings is 1. The van der Waals surface area contributed by atoms with E-state index in [1.165, 1.54) is 16.8 Å². The van der Waals surface area contributed by atoms with Crippen molar-refractivity contribution in [1.82, 2.24) is 20.4 Å². The number of hydrogen-bond donors (Lipinski definition) is 3. The predicted molar refractivity (Wildman–Crippen MR) is 67.7 cm³/mol. The topological polar surface area (TPSA) is 62.1 Å². The minimum Gasteiger partial charge on any atom is -0.384 e. The summed E-state index contributed by atoms with van der Waals surface area (Å²) in [4.78, 5) is 0. The number of aliphatic hydroxyl groups is 1. The molecular weight excluding hydrogens is 247 g/mol. The molecule has 2 heterocycles. The molecule has 3 rings (SSSR count). The number of rotatable bonds is 3. The van der Waals surface area contributed by atoms with Crippen molar-refractivity contribution in [3.63, 3.8) is 0 Å². The lowest BCUT2D eigenvalue weighted by Gasteiger charge is -2.22. The van der Waals surface area contributed by atoms with Crippen LogP contribution < -0.4 is 10.6 Å². The van der Waals surface area contributed by atoms with E-state index in [0.717, 1.165) is 0 Å². The molecule has 0 spiro atoms. The Bertz CT molecular complexity index is 589. The average Bonchev–Trinajstić information content (AvgIpc) is 3.11. The van der Waals surface area contributed by atoms with Crippen LogP contribution in [0.4, 0.5) is 4.39 Å². The van der Waals surface area contributed by atoms with Crippen molar-refractivity contribution in [2.45, 2.75) is 12.3 Å². The molecule has 1 aromatic carbocycles. The van der Waals surface area contributed by atoms with E-state index in [2.05, 4.69) is 15.7 Å². The Hall–Kier alpha value is -2.34. The van der Waals surface area contributed by atoms with Gasteiger partial charge in [0.2, 0.25) is 0 Å². The van der Waals surface area contributed by atoms with E-state index in [-0.39, 0.29) is 12.0 Å². The lowest BCUT2D eigenvalue weighted by molar-refractivity contribution is 0.130. The molecule has 1 aromatic heterocycles. The summed E-state index contributed by atoms with van der Waals surface area (Å²) in [7, 11) is 0. The molecule has 19 heavy (non-hydrogen) atoms. The van der Waals surface area contributed by atoms with Crippen LogP contribution >= 0.6 is 0 Å². The van der Waals surface area contributed by atoms with E-state index < -0.39 is 6.10 Å². The van der Waals surface area contributed by atoms with E-state index in [9.17, 15) is 9.50 Å². The summed E-state index contributed by atoms with van der Waals surface area (Å²) < 4.78 is 14.9. The molecule has 98 valence electrons. The van der Waals surface area contributed by atoms with Crippen molar-refractivity contribution in [2.24, 2.45) is 0 Å². The van der Waals surface area contributed by atoms with Gasteiger partial charge in [0.1, 0.15) is 18.1 Å². The Morgan fingerprint density at radius 3 is 2.79 bits per heavy atom. The van der Waals surface area contributed by atoms with Crippen LogP contribution in [0.15, 0.2) is 49.1 Å². The molecule has 2 aromatic rings. The first-order chi connectivity index (χ1) is 9.25. The van der Waals surface area contributed by atoms with Crippen molar-refractivity contribution >= 4 is 0 Å². The van der Waals surface area contributed by atoms with Crippen LogP contribution in [-0.4, -0.2) is 21.1 Å². The molecule has 5 nitrogen and oxygen atoms in total. The molecule has 0 radical (unpaired) electrons. The molecule has 0 saturated carbocycles. The second kappa shape index (κ2) is 4.74. The number of nitrogens with zero attached hydrogens (tertiary/aromatic N) is 2. The predicted octanol–water partition coefficient (Wildman–Crippen LogP) is 1.03. The standard InChI is InChI=1S/C13H13FN4O/c14-9-2-3-10(12(19)13-15-5-6-16-13)11(8-9)18-7-1-4-17-18/h1-8,12-13,15-16,19H. The first-order valence-corrected chi connectivity index (χ1v) is 5.90. The molecule has 0 aliphatic carbocycles. The highest BCUT2D eigenvalue weighted by molar-refractivity contribution is 5.43. The van der Waals surface area contributed by atoms with Crippen LogP contribution in [0, 0.1) is 5.82 Å². The van der Waals surface area contributed by atoms with Crippen molar-refractivity contribution in [3.8, 4) is 5.69 Å². The summed E-state index contributed by atoms with van der Waals surface area (Å²) in [5.41, 5.74) is 1.12. The number of hydrogen-bond acceptors (Lipinski definition) is 4. The summed E-state index contributed by atoms with van der Waals surface area (Å²) in [6.45, 7) is 0. The normalized spacial score (nSPS) is 16.1. The van der Waals surface area contributed by atoms with Gasteiger partial charge in [0.25, 0.3) is 0 Å². The van der Waals surface area contributed by atoms with E-state index >= 15 is 0 Å². The largest absolute Gasteiger partial charge is 0.384 e. The third-order valence-electron chi connectivity index (χ3n) is 3.01. The lowest BCUT2D eigenvalue weighted by atomic mass is 10.0. The molecule has 0 amide bonds. The van der Waals surface area contributed by atoms with Gasteiger partial charge in [-0.25, -0.2) is 9.07 Å². The fourth-order valence-corrected chi connectivity index (χ4v) is 2.09. The highest BCUT2D eigenvalue weighted by Crippen LogP contribution is 2.25. The highest BCUT2D eigenvalue weighted by Gasteiger charge is 2.24. The smallest absolute Gasteiger partial charge is 0.127 e. The molecule has 1 unspecified atom stereocenters. The zero-order valence-electron chi connectivity index (χ0n) is 9.99. The van der Waals surface area contributed by atoms with Gasteiger partial charge in [-0.3, -0.25) is 0 Å². The highest BCUT2D eigenvalue weighted by atomic mass is 19.1. The maximum Gasteiger partial charge on any atom is 0.127 e. The van der Waals surface area contributed by atoms with E-state index in [1.54, 1.807) is 36.9 Å². The van der Waals surface area contributed by atoms with Crippen molar-refractivity contribution in [3.05, 3.63) is 60.4 Å². The van der Waals surface area contributed by atoms with Gasteiger partial charge in [-0.1, -0.05) is 6.07 Å². The van der Waals surface area contributed by atoms with Gasteiger partial charge in [-0.05, 0) is 18.2 Å². The Kier molecular flexibility index (Phi) is 2.92. The van der Waals surface area contributed by atoms with Crippen LogP contribution in [0.3, 0.4) is 0 Å². The first-order valence-electron chi connectivity index (χ1n) is 5.90. The molecule has 6 heteroatoms. The summed E-state index contributed by atoms with van der Waals surface area (Å²) in [6, 6.07) is 6.00. The van der Waals surface area contributed by atoms with Gasteiger partial charge in [0.05, 0.1) is 5.69 Å². The zero-order valence-corrected chi connectivity index (χ0v) is 9.99. The molecule has 1 aliphatic heterocycles. The van der Waals surface area contributed by atoms with Crippen LogP contribution in [0.25, 0.3) is 5.69 Å². The number of halogens is 1. The molecule has 1 atom stereocenters. The molecule has 1 aliphatic rings. The quantitative estimate of drug-likeness (QED) is 0.771. The van der Waals surface area contributed by atoms with E-state index in [0.29, 0.717) is 11.3 Å². The summed E-state index contributed by atoms with van der Waals surface area (Å²) in [6.07, 6.45) is 5.58. The Morgan fingerprint density at radius 2 is 2.11 bits per heavy atom. The molecular formula is C13H13FN4O. The van der Waals surface area contributed by atoms with Gasteiger partial charge in [0.15, 0.2) is 0 Å². The Labute approximate surface area is 109 Å². The SMILES string of the molecule is OC(c1ccc(F)cc1-n1cccn1)C1NC=CN1. The first kappa shape index (κ1) is 11.7. The van der Waals surface area contributed by atoms with Gasteiger partial charge in [0, 0.05) is 30.4 Å². The number of nitrogens with one attached hydrogen (secondary N) is 2. The van der Waals surface area contributed by atoms with Crippen LogP contribution in [0.5, 0.6) is 0 Å². The number of aromatic nitrogens is 2. The minimum absolute atomic E-state index is 0.334. The molecule has 0 fully saturated rings. The fourth-order valence-electron chi connectivity index (χ4n) is 2.09. The minimum atomic E-state index is -0.824. The van der Waals surface area contributed by atoms with Gasteiger partial charge in [-0.15, -0.1) is 0 Å². The molecule has 0 saturated heterocycles. The monoisotopic (exact) mass is 260 g/mol. The van der Waals surface area contributed by atoms with Gasteiger partial charge in [-0.2, -0.15) is 5.10 Å². The van der Waals surface area contributed by atoms with Crippen molar-refractivity contribution in [1.29, 1.82) is 0 Å². The lowest BCUT2D eigenvalue weighted by Crippen LogP contribution is -2.37. The van der Waals surface area contributed by atoms with Crippen molar-refractivity contribution < 1.29 is 9.50 Å². The van der Waals surface area contributed by atoms with E-state index in [4.69, 9.17) is 0 Å². The second-order valence-electron chi connectivity index (χ2n) is 4.24. The Balaban J connectivity index is 2.00.